The third-order valence-corrected chi connectivity index (χ3v) is 5.37. The molecule has 1 aliphatic heterocycles. The first-order chi connectivity index (χ1) is 9.26. The van der Waals surface area contributed by atoms with E-state index in [1.54, 1.807) is 6.07 Å². The maximum absolute atomic E-state index is 11.9. The summed E-state index contributed by atoms with van der Waals surface area (Å²) in [4.78, 5) is 17.2. The van der Waals surface area contributed by atoms with Gasteiger partial charge in [0.05, 0.1) is 5.69 Å². The highest BCUT2D eigenvalue weighted by Gasteiger charge is 2.16. The molecule has 0 bridgehead atoms. The van der Waals surface area contributed by atoms with Crippen LogP contribution in [0.25, 0.3) is 4.96 Å². The lowest BCUT2D eigenvalue weighted by Crippen LogP contribution is -2.43. The van der Waals surface area contributed by atoms with Crippen molar-refractivity contribution in [3.63, 3.8) is 0 Å². The van der Waals surface area contributed by atoms with Crippen molar-refractivity contribution in [2.24, 2.45) is 5.92 Å². The Balaban J connectivity index is 1.73. The van der Waals surface area contributed by atoms with Crippen molar-refractivity contribution >= 4 is 28.1 Å². The summed E-state index contributed by atoms with van der Waals surface area (Å²) in [7, 11) is 0. The lowest BCUT2D eigenvalue weighted by Gasteiger charge is -2.26. The second kappa shape index (κ2) is 5.60. The summed E-state index contributed by atoms with van der Waals surface area (Å²) in [6, 6.07) is 1.61. The lowest BCUT2D eigenvalue weighted by molar-refractivity contribution is 0.385. The Bertz CT molecular complexity index is 632. The van der Waals surface area contributed by atoms with Crippen molar-refractivity contribution in [1.29, 1.82) is 0 Å². The third-order valence-electron chi connectivity index (χ3n) is 3.11. The molecule has 0 aliphatic carbocycles. The van der Waals surface area contributed by atoms with Crippen LogP contribution in [0, 0.1) is 5.92 Å². The fraction of sp³-hybridized carbons (Fsp3) is 0.583. The Kier molecular flexibility index (Phi) is 3.86. The summed E-state index contributed by atoms with van der Waals surface area (Å²) >= 11 is 3.36. The summed E-state index contributed by atoms with van der Waals surface area (Å²) < 4.78 is 1.41. The highest BCUT2D eigenvalue weighted by molar-refractivity contribution is 7.98. The molecule has 1 saturated heterocycles. The molecule has 5 nitrogen and oxygen atoms in total. The summed E-state index contributed by atoms with van der Waals surface area (Å²) in [5, 5.41) is 8.47. The van der Waals surface area contributed by atoms with E-state index in [-0.39, 0.29) is 5.56 Å². The average molecular weight is 296 g/mol. The van der Waals surface area contributed by atoms with Crippen LogP contribution in [0.1, 0.15) is 17.6 Å². The van der Waals surface area contributed by atoms with Gasteiger partial charge in [-0.25, -0.2) is 4.98 Å². The van der Waals surface area contributed by atoms with E-state index >= 15 is 0 Å². The second-order valence-electron chi connectivity index (χ2n) is 4.67. The smallest absolute Gasteiger partial charge is 0.275 e. The van der Waals surface area contributed by atoms with Gasteiger partial charge >= 0.3 is 0 Å². The number of aromatic nitrogens is 3. The molecular weight excluding hydrogens is 280 g/mol. The Labute approximate surface area is 119 Å². The first-order valence-electron chi connectivity index (χ1n) is 6.43. The quantitative estimate of drug-likeness (QED) is 0.897. The average Bonchev–Trinajstić information content (AvgIpc) is 2.76. The fourth-order valence-corrected chi connectivity index (χ4v) is 3.81. The molecule has 0 amide bonds. The number of hydrogen-bond acceptors (Lipinski definition) is 6. The normalized spacial score (nSPS) is 15.8. The number of aryl methyl sites for hydroxylation is 1. The zero-order chi connectivity index (χ0) is 13.2. The van der Waals surface area contributed by atoms with Crippen LogP contribution in [0.3, 0.4) is 0 Å². The molecule has 0 unspecified atom stereocenters. The Morgan fingerprint density at radius 2 is 2.42 bits per heavy atom. The molecule has 0 atom stereocenters. The first-order valence-corrected chi connectivity index (χ1v) is 8.40. The van der Waals surface area contributed by atoms with Crippen molar-refractivity contribution in [3.8, 4) is 0 Å². The molecule has 2 aromatic heterocycles. The van der Waals surface area contributed by atoms with Gasteiger partial charge < -0.3 is 5.32 Å². The highest BCUT2D eigenvalue weighted by Crippen LogP contribution is 2.18. The Morgan fingerprint density at radius 1 is 1.58 bits per heavy atom. The van der Waals surface area contributed by atoms with E-state index in [1.807, 2.05) is 18.7 Å². The maximum atomic E-state index is 11.9. The van der Waals surface area contributed by atoms with Crippen LogP contribution < -0.4 is 10.9 Å². The molecular formula is C12H16N4OS2. The van der Waals surface area contributed by atoms with Crippen molar-refractivity contribution in [2.75, 3.05) is 18.8 Å². The van der Waals surface area contributed by atoms with Gasteiger partial charge in [-0.3, -0.25) is 4.79 Å². The molecule has 3 heterocycles. The van der Waals surface area contributed by atoms with Gasteiger partial charge in [0.2, 0.25) is 4.96 Å². The van der Waals surface area contributed by atoms with Gasteiger partial charge in [-0.2, -0.15) is 21.4 Å². The number of nitrogens with one attached hydrogen (secondary N) is 1. The zero-order valence-corrected chi connectivity index (χ0v) is 12.4. The van der Waals surface area contributed by atoms with Crippen LogP contribution in [0.5, 0.6) is 0 Å². The Hall–Kier alpha value is -0.920. The van der Waals surface area contributed by atoms with Crippen molar-refractivity contribution in [2.45, 2.75) is 19.1 Å². The molecule has 1 aliphatic rings. The third kappa shape index (κ3) is 2.82. The van der Waals surface area contributed by atoms with Crippen molar-refractivity contribution in [3.05, 3.63) is 27.1 Å². The number of nitrogens with zero attached hydrogens (tertiary/aromatic N) is 3. The van der Waals surface area contributed by atoms with Gasteiger partial charge in [0.25, 0.3) is 5.56 Å². The van der Waals surface area contributed by atoms with E-state index in [0.717, 1.165) is 47.6 Å². The van der Waals surface area contributed by atoms with Gasteiger partial charge in [0.15, 0.2) is 0 Å². The van der Waals surface area contributed by atoms with Crippen LogP contribution in [0.2, 0.25) is 0 Å². The molecule has 0 saturated carbocycles. The lowest BCUT2D eigenvalue weighted by atomic mass is 10.1. The molecule has 102 valence electrons. The van der Waals surface area contributed by atoms with Gasteiger partial charge in [0.1, 0.15) is 5.01 Å². The summed E-state index contributed by atoms with van der Waals surface area (Å²) in [6.07, 6.45) is 0.840. The number of hydrogen-bond donors (Lipinski definition) is 1. The fourth-order valence-electron chi connectivity index (χ4n) is 1.91. The van der Waals surface area contributed by atoms with E-state index < -0.39 is 0 Å². The second-order valence-corrected chi connectivity index (χ2v) is 6.74. The molecule has 0 aromatic carbocycles. The van der Waals surface area contributed by atoms with Crippen LogP contribution in [-0.4, -0.2) is 33.4 Å². The minimum absolute atomic E-state index is 0.0677. The van der Waals surface area contributed by atoms with Crippen molar-refractivity contribution in [1.82, 2.24) is 19.9 Å². The minimum Gasteiger partial charge on any atom is -0.316 e. The monoisotopic (exact) mass is 296 g/mol. The minimum atomic E-state index is -0.0677. The standard InChI is InChI=1S/C12H16N4OS2/c1-2-10-15-16-11(17)3-9(14-12(16)19-10)7-18-6-8-4-13-5-8/h3,8,13H,2,4-7H2,1H3. The molecule has 0 spiro atoms. The van der Waals surface area contributed by atoms with Gasteiger partial charge in [0, 0.05) is 11.8 Å². The molecule has 2 aromatic rings. The van der Waals surface area contributed by atoms with E-state index in [4.69, 9.17) is 0 Å². The van der Waals surface area contributed by atoms with Crippen LogP contribution in [-0.2, 0) is 12.2 Å². The van der Waals surface area contributed by atoms with Crippen LogP contribution in [0.15, 0.2) is 10.9 Å². The number of thioether (sulfide) groups is 1. The van der Waals surface area contributed by atoms with Gasteiger partial charge in [-0.15, -0.1) is 0 Å². The maximum Gasteiger partial charge on any atom is 0.275 e. The van der Waals surface area contributed by atoms with E-state index in [1.165, 1.54) is 15.9 Å². The number of fused-ring (bicyclic) bond motifs is 1. The molecule has 3 rings (SSSR count). The zero-order valence-electron chi connectivity index (χ0n) is 10.8. The predicted octanol–water partition coefficient (Wildman–Crippen LogP) is 1.17. The highest BCUT2D eigenvalue weighted by atomic mass is 32.2. The summed E-state index contributed by atoms with van der Waals surface area (Å²) in [5.41, 5.74) is 0.801. The number of rotatable bonds is 5. The molecule has 1 fully saturated rings. The topological polar surface area (TPSA) is 59.3 Å². The van der Waals surface area contributed by atoms with Crippen LogP contribution in [0.4, 0.5) is 0 Å². The van der Waals surface area contributed by atoms with Crippen LogP contribution >= 0.6 is 23.1 Å². The summed E-state index contributed by atoms with van der Waals surface area (Å²) in [5.74, 6) is 2.73. The van der Waals surface area contributed by atoms with Gasteiger partial charge in [-0.05, 0) is 31.2 Å². The van der Waals surface area contributed by atoms with E-state index in [9.17, 15) is 4.79 Å². The van der Waals surface area contributed by atoms with E-state index in [0.29, 0.717) is 4.96 Å². The largest absolute Gasteiger partial charge is 0.316 e. The SMILES string of the molecule is CCc1nn2c(=O)cc(CSCC3CNC3)nc2s1. The predicted molar refractivity (Wildman–Crippen MR) is 79.0 cm³/mol. The molecule has 0 radical (unpaired) electrons. The van der Waals surface area contributed by atoms with E-state index in [2.05, 4.69) is 15.4 Å². The van der Waals surface area contributed by atoms with Gasteiger partial charge in [-0.1, -0.05) is 18.3 Å². The Morgan fingerprint density at radius 3 is 3.11 bits per heavy atom. The first kappa shape index (κ1) is 13.1. The summed E-state index contributed by atoms with van der Waals surface area (Å²) in [6.45, 7) is 4.28. The van der Waals surface area contributed by atoms with Crippen molar-refractivity contribution < 1.29 is 0 Å². The molecule has 19 heavy (non-hydrogen) atoms. The molecule has 1 N–H and O–H groups in total. The molecule has 7 heteroatoms.